The fraction of sp³-hybridized carbons (Fsp3) is 0.429. The third-order valence-electron chi connectivity index (χ3n) is 8.14. The fourth-order valence-corrected chi connectivity index (χ4v) is 7.20. The van der Waals surface area contributed by atoms with Crippen LogP contribution in [0.1, 0.15) is 54.4 Å². The summed E-state index contributed by atoms with van der Waals surface area (Å²) >= 11 is 0. The number of hydrogen-bond donors (Lipinski definition) is 1. The van der Waals surface area contributed by atoms with Gasteiger partial charge in [-0.3, -0.25) is 4.79 Å². The van der Waals surface area contributed by atoms with Gasteiger partial charge in [-0.05, 0) is 99.1 Å². The molecular formula is C28H30N2O2. The van der Waals surface area contributed by atoms with Crippen molar-refractivity contribution in [3.05, 3.63) is 59.7 Å². The number of benzene rings is 2. The second-order valence-electron chi connectivity index (χ2n) is 10.4. The molecule has 1 amide bonds. The highest BCUT2D eigenvalue weighted by molar-refractivity contribution is 6.09. The summed E-state index contributed by atoms with van der Waals surface area (Å²) in [5.74, 6) is 3.27. The molecule has 3 aromatic rings. The number of carbonyl (C=O) groups excluding carboxylic acids is 1. The van der Waals surface area contributed by atoms with E-state index in [1.54, 1.807) is 7.11 Å². The van der Waals surface area contributed by atoms with E-state index in [0.717, 1.165) is 76.1 Å². The summed E-state index contributed by atoms with van der Waals surface area (Å²) in [6.07, 6.45) is 7.56. The van der Waals surface area contributed by atoms with Crippen molar-refractivity contribution in [1.82, 2.24) is 10.3 Å². The number of rotatable bonds is 4. The molecule has 4 saturated carbocycles. The van der Waals surface area contributed by atoms with Gasteiger partial charge in [0.2, 0.25) is 0 Å². The molecule has 32 heavy (non-hydrogen) atoms. The van der Waals surface area contributed by atoms with Crippen molar-refractivity contribution in [3.8, 4) is 17.0 Å². The summed E-state index contributed by atoms with van der Waals surface area (Å²) in [7, 11) is 1.67. The maximum absolute atomic E-state index is 13.9. The molecule has 1 heterocycles. The minimum Gasteiger partial charge on any atom is -0.497 e. The van der Waals surface area contributed by atoms with Crippen LogP contribution in [-0.4, -0.2) is 23.5 Å². The molecule has 0 unspecified atom stereocenters. The predicted octanol–water partition coefficient (Wildman–Crippen LogP) is 5.92. The number of ether oxygens (including phenoxy) is 1. The molecule has 0 spiro atoms. The van der Waals surface area contributed by atoms with E-state index in [1.165, 1.54) is 19.3 Å². The number of aromatic nitrogens is 1. The monoisotopic (exact) mass is 426 g/mol. The SMILES string of the molecule is COc1ccc(-c2nc3ccccc3c(C(=O)NC34CC5CC(CC(C5)C3)C4)c2C)cc1. The molecule has 1 N–H and O–H groups in total. The Morgan fingerprint density at radius 3 is 2.22 bits per heavy atom. The van der Waals surface area contributed by atoms with Crippen LogP contribution in [0, 0.1) is 24.7 Å². The average Bonchev–Trinajstić information content (AvgIpc) is 2.77. The smallest absolute Gasteiger partial charge is 0.252 e. The van der Waals surface area contributed by atoms with Crippen molar-refractivity contribution in [1.29, 1.82) is 0 Å². The number of methoxy groups -OCH3 is 1. The van der Waals surface area contributed by atoms with Crippen molar-refractivity contribution in [2.75, 3.05) is 7.11 Å². The molecule has 2 aromatic carbocycles. The molecule has 4 fully saturated rings. The minimum absolute atomic E-state index is 0.0110. The van der Waals surface area contributed by atoms with Crippen molar-refractivity contribution >= 4 is 16.8 Å². The Bertz CT molecular complexity index is 1160. The Morgan fingerprint density at radius 2 is 1.59 bits per heavy atom. The Balaban J connectivity index is 1.42. The number of fused-ring (bicyclic) bond motifs is 1. The van der Waals surface area contributed by atoms with Crippen molar-refractivity contribution < 1.29 is 9.53 Å². The highest BCUT2D eigenvalue weighted by Crippen LogP contribution is 2.55. The molecule has 4 aliphatic rings. The number of para-hydroxylation sites is 1. The normalized spacial score (nSPS) is 28.1. The zero-order chi connectivity index (χ0) is 21.9. The fourth-order valence-electron chi connectivity index (χ4n) is 7.20. The van der Waals surface area contributed by atoms with Crippen LogP contribution in [0.4, 0.5) is 0 Å². The number of pyridine rings is 1. The van der Waals surface area contributed by atoms with Crippen LogP contribution in [0.5, 0.6) is 5.75 Å². The van der Waals surface area contributed by atoms with Gasteiger partial charge in [-0.1, -0.05) is 18.2 Å². The lowest BCUT2D eigenvalue weighted by molar-refractivity contribution is -0.0166. The number of nitrogens with one attached hydrogen (secondary N) is 1. The van der Waals surface area contributed by atoms with Gasteiger partial charge >= 0.3 is 0 Å². The van der Waals surface area contributed by atoms with Gasteiger partial charge in [0.25, 0.3) is 5.91 Å². The van der Waals surface area contributed by atoms with E-state index in [0.29, 0.717) is 0 Å². The van der Waals surface area contributed by atoms with Crippen LogP contribution in [0.2, 0.25) is 0 Å². The first-order valence-electron chi connectivity index (χ1n) is 11.9. The second kappa shape index (κ2) is 7.33. The lowest BCUT2D eigenvalue weighted by Gasteiger charge is -2.56. The molecule has 0 atom stereocenters. The van der Waals surface area contributed by atoms with E-state index >= 15 is 0 Å². The van der Waals surface area contributed by atoms with Crippen LogP contribution < -0.4 is 10.1 Å². The average molecular weight is 427 g/mol. The summed E-state index contributed by atoms with van der Waals surface area (Å²) in [6, 6.07) is 15.9. The Kier molecular flexibility index (Phi) is 4.53. The molecule has 7 rings (SSSR count). The van der Waals surface area contributed by atoms with Gasteiger partial charge in [-0.2, -0.15) is 0 Å². The highest BCUT2D eigenvalue weighted by atomic mass is 16.5. The van der Waals surface area contributed by atoms with E-state index in [4.69, 9.17) is 9.72 Å². The standard InChI is InChI=1S/C28H30N2O2/c1-17-25(27(31)30-28-14-18-11-19(15-28)13-20(12-18)16-28)23-5-3-4-6-24(23)29-26(17)21-7-9-22(32-2)10-8-21/h3-10,18-20H,11-16H2,1-2H3,(H,30,31). The lowest BCUT2D eigenvalue weighted by Crippen LogP contribution is -2.59. The van der Waals surface area contributed by atoms with Crippen LogP contribution in [0.25, 0.3) is 22.2 Å². The Hall–Kier alpha value is -2.88. The van der Waals surface area contributed by atoms with Gasteiger partial charge in [0.05, 0.1) is 23.9 Å². The van der Waals surface area contributed by atoms with Gasteiger partial charge < -0.3 is 10.1 Å². The van der Waals surface area contributed by atoms with Crippen LogP contribution in [0.3, 0.4) is 0 Å². The van der Waals surface area contributed by atoms with E-state index in [1.807, 2.05) is 55.5 Å². The second-order valence-corrected chi connectivity index (χ2v) is 10.4. The maximum atomic E-state index is 13.9. The Labute approximate surface area is 189 Å². The van der Waals surface area contributed by atoms with Crippen LogP contribution in [0.15, 0.2) is 48.5 Å². The molecule has 1 aromatic heterocycles. The van der Waals surface area contributed by atoms with E-state index < -0.39 is 0 Å². The third kappa shape index (κ3) is 3.19. The summed E-state index contributed by atoms with van der Waals surface area (Å²) in [5.41, 5.74) is 4.43. The van der Waals surface area contributed by atoms with Gasteiger partial charge in [0, 0.05) is 16.5 Å². The van der Waals surface area contributed by atoms with Crippen LogP contribution >= 0.6 is 0 Å². The van der Waals surface area contributed by atoms with Gasteiger partial charge in [0.15, 0.2) is 0 Å². The molecular weight excluding hydrogens is 396 g/mol. The third-order valence-corrected chi connectivity index (χ3v) is 8.14. The molecule has 4 aliphatic carbocycles. The minimum atomic E-state index is -0.0110. The number of amides is 1. The number of carbonyl (C=O) groups is 1. The van der Waals surface area contributed by atoms with E-state index in [9.17, 15) is 4.79 Å². The maximum Gasteiger partial charge on any atom is 0.252 e. The van der Waals surface area contributed by atoms with Crippen molar-refractivity contribution in [2.24, 2.45) is 17.8 Å². The van der Waals surface area contributed by atoms with E-state index in [-0.39, 0.29) is 11.4 Å². The van der Waals surface area contributed by atoms with Gasteiger partial charge in [0.1, 0.15) is 5.75 Å². The van der Waals surface area contributed by atoms with Crippen molar-refractivity contribution in [3.63, 3.8) is 0 Å². The summed E-state index contributed by atoms with van der Waals surface area (Å²) in [4.78, 5) is 18.8. The summed E-state index contributed by atoms with van der Waals surface area (Å²) in [6.45, 7) is 2.04. The lowest BCUT2D eigenvalue weighted by atomic mass is 9.53. The zero-order valence-corrected chi connectivity index (χ0v) is 18.9. The quantitative estimate of drug-likeness (QED) is 0.564. The molecule has 0 radical (unpaired) electrons. The molecule has 0 saturated heterocycles. The predicted molar refractivity (Wildman–Crippen MR) is 127 cm³/mol. The molecule has 164 valence electrons. The first kappa shape index (κ1) is 19.8. The molecule has 4 bridgehead atoms. The van der Waals surface area contributed by atoms with Crippen molar-refractivity contribution in [2.45, 2.75) is 51.0 Å². The number of hydrogen-bond acceptors (Lipinski definition) is 3. The largest absolute Gasteiger partial charge is 0.497 e. The van der Waals surface area contributed by atoms with Crippen LogP contribution in [-0.2, 0) is 0 Å². The number of nitrogens with zero attached hydrogens (tertiary/aromatic N) is 1. The van der Waals surface area contributed by atoms with E-state index in [2.05, 4.69) is 5.32 Å². The molecule has 4 nitrogen and oxygen atoms in total. The van der Waals surface area contributed by atoms with Gasteiger partial charge in [-0.25, -0.2) is 4.98 Å². The molecule has 0 aliphatic heterocycles. The first-order chi connectivity index (χ1) is 15.5. The van der Waals surface area contributed by atoms with Gasteiger partial charge in [-0.15, -0.1) is 0 Å². The zero-order valence-electron chi connectivity index (χ0n) is 18.9. The topological polar surface area (TPSA) is 51.2 Å². The summed E-state index contributed by atoms with van der Waals surface area (Å²) in [5, 5.41) is 4.52. The highest BCUT2D eigenvalue weighted by Gasteiger charge is 2.51. The Morgan fingerprint density at radius 1 is 0.969 bits per heavy atom. The summed E-state index contributed by atoms with van der Waals surface area (Å²) < 4.78 is 5.32. The first-order valence-corrected chi connectivity index (χ1v) is 11.9. The molecule has 4 heteroatoms.